The lowest BCUT2D eigenvalue weighted by atomic mass is 9.66. The van der Waals surface area contributed by atoms with E-state index in [-0.39, 0.29) is 6.61 Å². The number of nitrogens with zero attached hydrogens (tertiary/aromatic N) is 2. The van der Waals surface area contributed by atoms with Crippen molar-refractivity contribution in [3.05, 3.63) is 17.0 Å². The molecule has 1 aromatic heterocycles. The summed E-state index contributed by atoms with van der Waals surface area (Å²) in [4.78, 5) is 0. The van der Waals surface area contributed by atoms with Gasteiger partial charge < -0.3 is 10.4 Å². The average molecular weight is 279 g/mol. The minimum Gasteiger partial charge on any atom is -0.394 e. The topological polar surface area (TPSA) is 50.1 Å². The van der Waals surface area contributed by atoms with Crippen LogP contribution in [-0.2, 0) is 13.1 Å². The predicted octanol–water partition coefficient (Wildman–Crippen LogP) is 2.55. The van der Waals surface area contributed by atoms with Gasteiger partial charge in [0.1, 0.15) is 0 Å². The minimum absolute atomic E-state index is 0.147. The van der Waals surface area contributed by atoms with E-state index in [1.807, 2.05) is 4.68 Å². The zero-order valence-electron chi connectivity index (χ0n) is 13.2. The van der Waals surface area contributed by atoms with Crippen LogP contribution in [0.4, 0.5) is 0 Å². The summed E-state index contributed by atoms with van der Waals surface area (Å²) in [5, 5.41) is 17.2. The Morgan fingerprint density at radius 2 is 2.10 bits per heavy atom. The first kappa shape index (κ1) is 15.5. The lowest BCUT2D eigenvalue weighted by molar-refractivity contribution is 0.115. The van der Waals surface area contributed by atoms with Crippen LogP contribution in [0.5, 0.6) is 0 Å². The highest BCUT2D eigenvalue weighted by atomic mass is 16.3. The molecule has 0 amide bonds. The van der Waals surface area contributed by atoms with E-state index in [4.69, 9.17) is 5.11 Å². The molecule has 1 aliphatic rings. The monoisotopic (exact) mass is 279 g/mol. The number of rotatable bonds is 8. The number of hydrogen-bond acceptors (Lipinski definition) is 3. The van der Waals surface area contributed by atoms with Crippen molar-refractivity contribution >= 4 is 0 Å². The molecule has 4 nitrogen and oxygen atoms in total. The second kappa shape index (κ2) is 6.72. The van der Waals surface area contributed by atoms with Crippen LogP contribution in [0.15, 0.2) is 0 Å². The number of nitrogens with one attached hydrogen (secondary N) is 1. The van der Waals surface area contributed by atoms with Gasteiger partial charge >= 0.3 is 0 Å². The third-order valence-corrected chi connectivity index (χ3v) is 4.84. The molecule has 1 aliphatic carbocycles. The lowest BCUT2D eigenvalue weighted by Crippen LogP contribution is -2.39. The largest absolute Gasteiger partial charge is 0.394 e. The van der Waals surface area contributed by atoms with Gasteiger partial charge in [0, 0.05) is 24.3 Å². The van der Waals surface area contributed by atoms with Gasteiger partial charge in [0.25, 0.3) is 0 Å². The maximum Gasteiger partial charge on any atom is 0.0644 e. The Morgan fingerprint density at radius 3 is 2.65 bits per heavy atom. The fourth-order valence-electron chi connectivity index (χ4n) is 3.48. The molecule has 4 heteroatoms. The van der Waals surface area contributed by atoms with E-state index >= 15 is 0 Å². The standard InChI is InChI=1S/C16H29N3O/c1-4-6-16(7-5-8-16)12-17-11-15-13(2)18-19(9-10-20)14(15)3/h17,20H,4-12H2,1-3H3. The molecule has 114 valence electrons. The molecule has 0 aliphatic heterocycles. The summed E-state index contributed by atoms with van der Waals surface area (Å²) >= 11 is 0. The van der Waals surface area contributed by atoms with E-state index in [1.54, 1.807) is 0 Å². The van der Waals surface area contributed by atoms with Crippen molar-refractivity contribution in [2.24, 2.45) is 5.41 Å². The normalized spacial score (nSPS) is 17.2. The van der Waals surface area contributed by atoms with E-state index in [0.29, 0.717) is 12.0 Å². The number of aliphatic hydroxyl groups excluding tert-OH is 1. The first-order valence-corrected chi connectivity index (χ1v) is 7.96. The zero-order valence-corrected chi connectivity index (χ0v) is 13.2. The molecule has 0 radical (unpaired) electrons. The first-order chi connectivity index (χ1) is 9.62. The van der Waals surface area contributed by atoms with Gasteiger partial charge in [-0.3, -0.25) is 4.68 Å². The van der Waals surface area contributed by atoms with Crippen LogP contribution in [-0.4, -0.2) is 28.0 Å². The number of aromatic nitrogens is 2. The summed E-state index contributed by atoms with van der Waals surface area (Å²) in [6, 6.07) is 0. The second-order valence-corrected chi connectivity index (χ2v) is 6.30. The molecular formula is C16H29N3O. The summed E-state index contributed by atoms with van der Waals surface area (Å²) < 4.78 is 1.91. The highest BCUT2D eigenvalue weighted by Gasteiger charge is 2.35. The van der Waals surface area contributed by atoms with E-state index in [9.17, 15) is 0 Å². The van der Waals surface area contributed by atoms with Gasteiger partial charge in [-0.15, -0.1) is 0 Å². The molecule has 2 N–H and O–H groups in total. The van der Waals surface area contributed by atoms with E-state index < -0.39 is 0 Å². The average Bonchev–Trinajstić information content (AvgIpc) is 2.63. The Kier molecular flexibility index (Phi) is 5.22. The van der Waals surface area contributed by atoms with Crippen molar-refractivity contribution in [1.29, 1.82) is 0 Å². The van der Waals surface area contributed by atoms with E-state index in [0.717, 1.165) is 18.8 Å². The van der Waals surface area contributed by atoms with Gasteiger partial charge in [-0.25, -0.2) is 0 Å². The molecule has 0 aromatic carbocycles. The van der Waals surface area contributed by atoms with Gasteiger partial charge in [-0.2, -0.15) is 5.10 Å². The Morgan fingerprint density at radius 1 is 1.35 bits per heavy atom. The number of hydrogen-bond donors (Lipinski definition) is 2. The summed E-state index contributed by atoms with van der Waals surface area (Å²) in [5.74, 6) is 0. The predicted molar refractivity (Wildman–Crippen MR) is 81.7 cm³/mol. The van der Waals surface area contributed by atoms with Gasteiger partial charge in [-0.1, -0.05) is 19.8 Å². The SMILES string of the molecule is CCCC1(CNCc2c(C)nn(CCO)c2C)CCC1. The molecule has 0 saturated heterocycles. The van der Waals surface area contributed by atoms with Crippen LogP contribution in [0.1, 0.15) is 56.0 Å². The number of aliphatic hydroxyl groups is 1. The minimum atomic E-state index is 0.147. The van der Waals surface area contributed by atoms with Crippen molar-refractivity contribution in [3.8, 4) is 0 Å². The van der Waals surface area contributed by atoms with Gasteiger partial charge in [0.05, 0.1) is 18.8 Å². The van der Waals surface area contributed by atoms with Crippen molar-refractivity contribution in [2.45, 2.75) is 66.0 Å². The fourth-order valence-corrected chi connectivity index (χ4v) is 3.48. The van der Waals surface area contributed by atoms with Crippen LogP contribution in [0.2, 0.25) is 0 Å². The number of aryl methyl sites for hydroxylation is 1. The summed E-state index contributed by atoms with van der Waals surface area (Å²) in [5.41, 5.74) is 4.13. The van der Waals surface area contributed by atoms with E-state index in [2.05, 4.69) is 31.2 Å². The summed E-state index contributed by atoms with van der Waals surface area (Å²) in [6.07, 6.45) is 6.80. The molecule has 1 fully saturated rings. The second-order valence-electron chi connectivity index (χ2n) is 6.30. The van der Waals surface area contributed by atoms with Crippen LogP contribution in [0.25, 0.3) is 0 Å². The molecular weight excluding hydrogens is 250 g/mol. The Balaban J connectivity index is 1.90. The maximum absolute atomic E-state index is 9.05. The molecule has 1 aromatic rings. The third kappa shape index (κ3) is 3.23. The Bertz CT molecular complexity index is 435. The van der Waals surface area contributed by atoms with Crippen LogP contribution >= 0.6 is 0 Å². The Labute approximate surface area is 122 Å². The van der Waals surface area contributed by atoms with Gasteiger partial charge in [-0.05, 0) is 38.5 Å². The molecule has 20 heavy (non-hydrogen) atoms. The molecule has 1 heterocycles. The molecule has 0 atom stereocenters. The van der Waals surface area contributed by atoms with Crippen molar-refractivity contribution in [3.63, 3.8) is 0 Å². The fraction of sp³-hybridized carbons (Fsp3) is 0.812. The summed E-state index contributed by atoms with van der Waals surface area (Å²) in [7, 11) is 0. The highest BCUT2D eigenvalue weighted by Crippen LogP contribution is 2.44. The van der Waals surface area contributed by atoms with Crippen molar-refractivity contribution in [2.75, 3.05) is 13.2 Å². The molecule has 0 unspecified atom stereocenters. The highest BCUT2D eigenvalue weighted by molar-refractivity contribution is 5.24. The van der Waals surface area contributed by atoms with Gasteiger partial charge in [0.15, 0.2) is 0 Å². The third-order valence-electron chi connectivity index (χ3n) is 4.84. The quantitative estimate of drug-likeness (QED) is 0.769. The molecule has 0 bridgehead atoms. The van der Waals surface area contributed by atoms with Gasteiger partial charge in [0.2, 0.25) is 0 Å². The van der Waals surface area contributed by atoms with E-state index in [1.165, 1.54) is 43.4 Å². The first-order valence-electron chi connectivity index (χ1n) is 7.96. The molecule has 2 rings (SSSR count). The summed E-state index contributed by atoms with van der Waals surface area (Å²) in [6.45, 7) is 9.20. The van der Waals surface area contributed by atoms with Crippen molar-refractivity contribution < 1.29 is 5.11 Å². The van der Waals surface area contributed by atoms with Crippen LogP contribution < -0.4 is 5.32 Å². The van der Waals surface area contributed by atoms with Crippen LogP contribution in [0, 0.1) is 19.3 Å². The Hall–Kier alpha value is -0.870. The lowest BCUT2D eigenvalue weighted by Gasteiger charge is -2.42. The molecule has 0 spiro atoms. The van der Waals surface area contributed by atoms with Crippen LogP contribution in [0.3, 0.4) is 0 Å². The molecule has 1 saturated carbocycles. The smallest absolute Gasteiger partial charge is 0.0644 e. The van der Waals surface area contributed by atoms with Crippen molar-refractivity contribution in [1.82, 2.24) is 15.1 Å². The maximum atomic E-state index is 9.05. The zero-order chi connectivity index (χ0) is 14.6.